The zero-order valence-electron chi connectivity index (χ0n) is 34.4. The van der Waals surface area contributed by atoms with Crippen LogP contribution in [0.25, 0.3) is 0 Å². The van der Waals surface area contributed by atoms with Gasteiger partial charge in [-0.25, -0.2) is 0 Å². The maximum absolute atomic E-state index is 13.3. The average Bonchev–Trinajstić information content (AvgIpc) is 3.11. The quantitative estimate of drug-likeness (QED) is 0.127. The van der Waals surface area contributed by atoms with E-state index in [-0.39, 0.29) is 13.3 Å². The van der Waals surface area contributed by atoms with Crippen molar-refractivity contribution >= 4 is 5.97 Å². The van der Waals surface area contributed by atoms with Gasteiger partial charge in [0.25, 0.3) is 22.4 Å². The van der Waals surface area contributed by atoms with Crippen molar-refractivity contribution in [1.29, 1.82) is 0 Å². The van der Waals surface area contributed by atoms with Gasteiger partial charge in [-0.1, -0.05) is 13.8 Å². The summed E-state index contributed by atoms with van der Waals surface area (Å²) in [6.45, 7) is 3.58. The molecule has 0 amide bonds. The number of hydrogen-bond acceptors (Lipinski definition) is 7. The predicted molar refractivity (Wildman–Crippen MR) is 169 cm³/mol. The third-order valence-electron chi connectivity index (χ3n) is 12.2. The van der Waals surface area contributed by atoms with Crippen molar-refractivity contribution in [3.8, 4) is 0 Å². The minimum Gasteiger partial charge on any atom is -0.462 e. The van der Waals surface area contributed by atoms with Gasteiger partial charge in [-0.2, -0.15) is 119 Å². The largest absolute Gasteiger partial charge is 0.462 e. The van der Waals surface area contributed by atoms with Gasteiger partial charge in [0, 0.05) is 23.7 Å². The summed E-state index contributed by atoms with van der Waals surface area (Å²) in [4.78, 5) is 12.2. The first kappa shape index (κ1) is 63.4. The first-order chi connectivity index (χ1) is 29.6. The highest BCUT2D eigenvalue weighted by Crippen LogP contribution is 2.60. The van der Waals surface area contributed by atoms with Crippen LogP contribution in [0.3, 0.4) is 0 Å². The fourth-order valence-electron chi connectivity index (χ4n) is 7.77. The number of carbonyl (C=O) groups excluding carboxylic acids is 1. The third-order valence-corrected chi connectivity index (χ3v) is 12.2. The summed E-state index contributed by atoms with van der Waals surface area (Å²) in [7, 11) is 0. The highest BCUT2D eigenvalue weighted by molar-refractivity contribution is 5.77. The van der Waals surface area contributed by atoms with E-state index in [0.717, 1.165) is 6.92 Å². The molecule has 0 heterocycles. The Morgan fingerprint density at radius 1 is 0.426 bits per heavy atom. The van der Waals surface area contributed by atoms with Gasteiger partial charge in [0.1, 0.15) is 6.10 Å². The van der Waals surface area contributed by atoms with Crippen molar-refractivity contribution in [2.45, 2.75) is 175 Å². The maximum atomic E-state index is 13.3. The lowest BCUT2D eigenvalue weighted by Crippen LogP contribution is -2.67. The maximum Gasteiger partial charge on any atom is 0.426 e. The molecule has 2 aliphatic carbocycles. The number of hydrogen-bond donors (Lipinski definition) is 4. The number of halogens is 27. The van der Waals surface area contributed by atoms with Crippen molar-refractivity contribution < 1.29 is 153 Å². The second-order valence-corrected chi connectivity index (χ2v) is 16.4. The molecule has 0 saturated heterocycles. The molecule has 6 atom stereocenters. The van der Waals surface area contributed by atoms with E-state index in [1.165, 1.54) is 13.8 Å². The van der Waals surface area contributed by atoms with Gasteiger partial charge in [0.2, 0.25) is 0 Å². The summed E-state index contributed by atoms with van der Waals surface area (Å²) in [5, 5.41) is 38.3. The second kappa shape index (κ2) is 19.4. The highest BCUT2D eigenvalue weighted by atomic mass is 19.5. The standard InChI is InChI=1S/C18H19F15O4.C16H20F12O3/c1-3-11(2,14(19,20)21)10(34)37-9-5-7(12(35,15(22,23)24)16(25,26)27)4-8(6-9)13(36,17(28,29)30)18(31,32)33;1-3-7(2)31-10-5-8(11(29,13(17,18)19)14(20,21)22)4-9(6-10)12(30,15(23,24)25)16(26,27)28/h7-9,35-36H,3-6H2,1-2H3;7-10,29-30H,3-6H2,1-2H3. The number of ether oxygens (including phenoxy) is 2. The molecule has 2 fully saturated rings. The summed E-state index contributed by atoms with van der Waals surface area (Å²) in [5.41, 5.74) is -26.7. The van der Waals surface area contributed by atoms with Crippen molar-refractivity contribution in [1.82, 2.24) is 0 Å². The van der Waals surface area contributed by atoms with E-state index in [9.17, 15) is 144 Å². The highest BCUT2D eigenvalue weighted by Gasteiger charge is 2.80. The molecule has 7 nitrogen and oxygen atoms in total. The lowest BCUT2D eigenvalue weighted by Gasteiger charge is -2.48. The molecule has 0 aromatic rings. The van der Waals surface area contributed by atoms with Crippen LogP contribution in [0.1, 0.15) is 79.1 Å². The first-order valence-electron chi connectivity index (χ1n) is 18.9. The Hall–Kier alpha value is -2.62. The number of rotatable bonds is 10. The van der Waals surface area contributed by atoms with E-state index >= 15 is 0 Å². The monoisotopic (exact) mass is 1070 g/mol. The third kappa shape index (κ3) is 11.7. The van der Waals surface area contributed by atoms with Crippen molar-refractivity contribution in [2.75, 3.05) is 0 Å². The fraction of sp³-hybridized carbons (Fsp3) is 0.971. The van der Waals surface area contributed by atoms with Gasteiger partial charge in [-0.3, -0.25) is 4.79 Å². The normalized spacial score (nSPS) is 25.5. The summed E-state index contributed by atoms with van der Waals surface area (Å²) in [5.74, 6) is -16.1. The van der Waals surface area contributed by atoms with Crippen LogP contribution < -0.4 is 0 Å². The number of esters is 1. The second-order valence-electron chi connectivity index (χ2n) is 16.4. The fourth-order valence-corrected chi connectivity index (χ4v) is 7.77. The Morgan fingerprint density at radius 2 is 0.647 bits per heavy atom. The zero-order chi connectivity index (χ0) is 54.7. The van der Waals surface area contributed by atoms with E-state index in [1.807, 2.05) is 0 Å². The van der Waals surface area contributed by atoms with Crippen LogP contribution in [0, 0.1) is 29.1 Å². The smallest absolute Gasteiger partial charge is 0.426 e. The van der Waals surface area contributed by atoms with Crippen LogP contribution in [0.2, 0.25) is 0 Å². The lowest BCUT2D eigenvalue weighted by molar-refractivity contribution is -0.407. The Kier molecular flexibility index (Phi) is 18.1. The minimum absolute atomic E-state index is 0.0808. The van der Waals surface area contributed by atoms with Crippen LogP contribution in [0.15, 0.2) is 0 Å². The molecule has 0 bridgehead atoms. The Labute approximate surface area is 364 Å². The molecule has 406 valence electrons. The first-order valence-corrected chi connectivity index (χ1v) is 18.9. The van der Waals surface area contributed by atoms with Crippen LogP contribution in [0.4, 0.5) is 119 Å². The summed E-state index contributed by atoms with van der Waals surface area (Å²) in [6, 6.07) is 0. The van der Waals surface area contributed by atoms with Gasteiger partial charge in [-0.15, -0.1) is 0 Å². The molecule has 0 radical (unpaired) electrons. The van der Waals surface area contributed by atoms with E-state index in [0.29, 0.717) is 0 Å². The molecule has 0 spiro atoms. The van der Waals surface area contributed by atoms with Crippen molar-refractivity contribution in [3.05, 3.63) is 0 Å². The molecule has 68 heavy (non-hydrogen) atoms. The van der Waals surface area contributed by atoms with E-state index < -0.39 is 176 Å². The average molecular weight is 1070 g/mol. The van der Waals surface area contributed by atoms with Gasteiger partial charge in [-0.05, 0) is 65.2 Å². The molecule has 34 heteroatoms. The molecular formula is C34H39F27O7. The van der Waals surface area contributed by atoms with E-state index in [1.54, 1.807) is 0 Å². The molecule has 6 unspecified atom stereocenters. The SMILES string of the molecule is CCC(C)(C(=O)OC1CC(C(O)(C(F)(F)F)C(F)(F)F)CC(C(O)(C(F)(F)F)C(F)(F)F)C1)C(F)(F)F.CCC(C)OC1CC(C(O)(C(F)(F)F)C(F)(F)F)CC(C(O)(C(F)(F)F)C(F)(F)F)C1. The Bertz CT molecular complexity index is 1520. The molecule has 0 aromatic carbocycles. The van der Waals surface area contributed by atoms with E-state index in [4.69, 9.17) is 4.74 Å². The number of carbonyl (C=O) groups is 1. The van der Waals surface area contributed by atoms with Gasteiger partial charge in [0.05, 0.1) is 12.2 Å². The summed E-state index contributed by atoms with van der Waals surface area (Å²) < 4.78 is 368. The van der Waals surface area contributed by atoms with Crippen molar-refractivity contribution in [2.24, 2.45) is 29.1 Å². The minimum atomic E-state index is -6.77. The summed E-state index contributed by atoms with van der Waals surface area (Å²) >= 11 is 0. The predicted octanol–water partition coefficient (Wildman–Crippen LogP) is 11.3. The lowest BCUT2D eigenvalue weighted by atomic mass is 9.65. The van der Waals surface area contributed by atoms with Gasteiger partial charge in [0.15, 0.2) is 5.41 Å². The van der Waals surface area contributed by atoms with Gasteiger partial charge >= 0.3 is 61.6 Å². The molecule has 2 saturated carbocycles. The zero-order valence-corrected chi connectivity index (χ0v) is 34.4. The Balaban J connectivity index is 0.000000691. The van der Waals surface area contributed by atoms with Crippen molar-refractivity contribution in [3.63, 3.8) is 0 Å². The molecule has 0 aliphatic heterocycles. The molecule has 4 N–H and O–H groups in total. The topological polar surface area (TPSA) is 116 Å². The number of aliphatic hydroxyl groups is 4. The Morgan fingerprint density at radius 3 is 0.824 bits per heavy atom. The van der Waals surface area contributed by atoms with Crippen LogP contribution in [-0.4, -0.2) is 123 Å². The molecular weight excluding hydrogens is 1030 g/mol. The number of alkyl halides is 27. The molecule has 2 aliphatic rings. The van der Waals surface area contributed by atoms with Crippen LogP contribution in [0.5, 0.6) is 0 Å². The van der Waals surface area contributed by atoms with Crippen LogP contribution in [-0.2, 0) is 14.3 Å². The molecule has 0 aromatic heterocycles. The van der Waals surface area contributed by atoms with E-state index in [2.05, 4.69) is 4.74 Å². The van der Waals surface area contributed by atoms with Gasteiger partial charge < -0.3 is 29.9 Å². The molecule has 2 rings (SSSR count). The van der Waals surface area contributed by atoms with Crippen LogP contribution >= 0.6 is 0 Å². The summed E-state index contributed by atoms with van der Waals surface area (Å²) in [6.07, 6.45) is -76.3.